The summed E-state index contributed by atoms with van der Waals surface area (Å²) in [6.07, 6.45) is -4.45. The van der Waals surface area contributed by atoms with Crippen molar-refractivity contribution in [2.75, 3.05) is 11.5 Å². The molecule has 0 radical (unpaired) electrons. The molecule has 0 bridgehead atoms. The number of thiophene rings is 2. The largest absolute Gasteiger partial charge is 0.302 e. The molecule has 2 rings (SSSR count). The maximum Gasteiger partial charge on any atom is 0.302 e. The summed E-state index contributed by atoms with van der Waals surface area (Å²) in [5, 5.41) is 5.42. The van der Waals surface area contributed by atoms with E-state index in [-0.39, 0.29) is 11.5 Å². The first-order chi connectivity index (χ1) is 11.4. The molecule has 0 aliphatic carbocycles. The van der Waals surface area contributed by atoms with Crippen molar-refractivity contribution in [2.45, 2.75) is 9.10 Å². The third-order valence-electron chi connectivity index (χ3n) is 2.11. The molecule has 0 aliphatic rings. The quantitative estimate of drug-likeness (QED) is 0.345. The van der Waals surface area contributed by atoms with Gasteiger partial charge in [-0.15, -0.1) is 34.9 Å². The van der Waals surface area contributed by atoms with Crippen LogP contribution in [0.15, 0.2) is 67.3 Å². The van der Waals surface area contributed by atoms with E-state index in [9.17, 15) is 26.3 Å². The van der Waals surface area contributed by atoms with Crippen molar-refractivity contribution in [2.24, 2.45) is 0 Å². The van der Waals surface area contributed by atoms with E-state index in [0.29, 0.717) is 0 Å². The molecule has 0 unspecified atom stereocenters. The second-order valence-corrected chi connectivity index (χ2v) is 7.85. The van der Waals surface area contributed by atoms with Gasteiger partial charge in [-0.2, -0.15) is 28.9 Å². The smallest absolute Gasteiger partial charge is 0.205 e. The monoisotopic (exact) mass is 420 g/mol. The molecule has 2 heterocycles. The Labute approximate surface area is 151 Å². The first-order valence-electron chi connectivity index (χ1n) is 6.10. The van der Waals surface area contributed by atoms with Crippen LogP contribution in [-0.2, 0) is 0 Å². The standard InChI is InChI=1S/2C7H5F3S2/c8-6(7(9)10)4-12-5-1-2-11-3-5;8-5(7(9)10)4-12-6-2-1-3-11-6/h2*1-3H,4H2. The van der Waals surface area contributed by atoms with Crippen LogP contribution in [0.25, 0.3) is 0 Å². The van der Waals surface area contributed by atoms with Gasteiger partial charge in [0.2, 0.25) is 0 Å². The van der Waals surface area contributed by atoms with Crippen LogP contribution in [0.4, 0.5) is 26.3 Å². The van der Waals surface area contributed by atoms with Gasteiger partial charge in [-0.25, -0.2) is 8.78 Å². The first kappa shape index (κ1) is 21.2. The minimum absolute atomic E-state index is 0.289. The Bertz CT molecular complexity index is 583. The number of halogens is 6. The van der Waals surface area contributed by atoms with E-state index >= 15 is 0 Å². The van der Waals surface area contributed by atoms with Gasteiger partial charge in [0.1, 0.15) is 0 Å². The average Bonchev–Trinajstić information content (AvgIpc) is 3.23. The normalized spacial score (nSPS) is 9.92. The first-order valence-corrected chi connectivity index (χ1v) is 9.90. The Morgan fingerprint density at radius 2 is 1.46 bits per heavy atom. The molecule has 0 N–H and O–H groups in total. The van der Waals surface area contributed by atoms with Gasteiger partial charge >= 0.3 is 12.2 Å². The lowest BCUT2D eigenvalue weighted by molar-refractivity contribution is 0.381. The molecule has 0 fully saturated rings. The SMILES string of the molecule is FC(F)=C(F)CSc1cccs1.FC(F)=C(F)CSc1ccsc1. The van der Waals surface area contributed by atoms with Crippen LogP contribution >= 0.6 is 46.2 Å². The van der Waals surface area contributed by atoms with Crippen LogP contribution in [0.5, 0.6) is 0 Å². The molecule has 2 aromatic rings. The Kier molecular flexibility index (Phi) is 10.3. The maximum atomic E-state index is 12.2. The summed E-state index contributed by atoms with van der Waals surface area (Å²) < 4.78 is 71.5. The lowest BCUT2D eigenvalue weighted by Crippen LogP contribution is -1.80. The summed E-state index contributed by atoms with van der Waals surface area (Å²) in [4.78, 5) is 0.816. The molecule has 10 heteroatoms. The summed E-state index contributed by atoms with van der Waals surface area (Å²) in [6.45, 7) is 0. The van der Waals surface area contributed by atoms with Crippen molar-refractivity contribution in [1.29, 1.82) is 0 Å². The lowest BCUT2D eigenvalue weighted by Gasteiger charge is -1.93. The van der Waals surface area contributed by atoms with Crippen molar-refractivity contribution >= 4 is 46.2 Å². The summed E-state index contributed by atoms with van der Waals surface area (Å²) in [5.41, 5.74) is 0. The fourth-order valence-corrected chi connectivity index (χ4v) is 4.30. The number of rotatable bonds is 6. The molecule has 0 amide bonds. The molecule has 2 aromatic heterocycles. The minimum Gasteiger partial charge on any atom is -0.205 e. The van der Waals surface area contributed by atoms with E-state index in [0.717, 1.165) is 32.6 Å². The summed E-state index contributed by atoms with van der Waals surface area (Å²) in [7, 11) is 0. The number of thioether (sulfide) groups is 2. The average molecular weight is 420 g/mol. The van der Waals surface area contributed by atoms with Gasteiger partial charge in [0.15, 0.2) is 11.7 Å². The van der Waals surface area contributed by atoms with Crippen LogP contribution in [0, 0.1) is 0 Å². The van der Waals surface area contributed by atoms with E-state index in [1.54, 1.807) is 23.6 Å². The summed E-state index contributed by atoms with van der Waals surface area (Å²) in [5.74, 6) is -3.26. The molecule has 0 aromatic carbocycles. The predicted octanol–water partition coefficient (Wildman–Crippen LogP) is 7.84. The van der Waals surface area contributed by atoms with Crippen LogP contribution in [0.1, 0.15) is 0 Å². The van der Waals surface area contributed by atoms with Crippen molar-refractivity contribution in [1.82, 2.24) is 0 Å². The van der Waals surface area contributed by atoms with Crippen molar-refractivity contribution in [3.8, 4) is 0 Å². The topological polar surface area (TPSA) is 0 Å². The van der Waals surface area contributed by atoms with E-state index in [2.05, 4.69) is 0 Å². The van der Waals surface area contributed by atoms with Crippen LogP contribution in [0.2, 0.25) is 0 Å². The fraction of sp³-hybridized carbons (Fsp3) is 0.143. The van der Waals surface area contributed by atoms with E-state index in [1.165, 1.54) is 22.7 Å². The second kappa shape index (κ2) is 11.7. The zero-order chi connectivity index (χ0) is 17.9. The third-order valence-corrected chi connectivity index (χ3v) is 6.05. The molecule has 0 nitrogen and oxygen atoms in total. The molecule has 0 aliphatic heterocycles. The molecule has 0 saturated carbocycles. The maximum absolute atomic E-state index is 12.2. The predicted molar refractivity (Wildman–Crippen MR) is 90.8 cm³/mol. The van der Waals surface area contributed by atoms with Crippen LogP contribution in [0.3, 0.4) is 0 Å². The van der Waals surface area contributed by atoms with Crippen molar-refractivity contribution in [3.05, 3.63) is 58.2 Å². The number of hydrogen-bond donors (Lipinski definition) is 0. The summed E-state index contributed by atoms with van der Waals surface area (Å²) in [6, 6.07) is 5.32. The van der Waals surface area contributed by atoms with Crippen LogP contribution < -0.4 is 0 Å². The zero-order valence-corrected chi connectivity index (χ0v) is 15.0. The lowest BCUT2D eigenvalue weighted by atomic mass is 10.7. The van der Waals surface area contributed by atoms with Crippen molar-refractivity contribution in [3.63, 3.8) is 0 Å². The molecule has 24 heavy (non-hydrogen) atoms. The van der Waals surface area contributed by atoms with Gasteiger partial charge in [0, 0.05) is 10.3 Å². The Hall–Kier alpha value is -0.840. The van der Waals surface area contributed by atoms with Gasteiger partial charge in [-0.1, -0.05) is 6.07 Å². The van der Waals surface area contributed by atoms with Gasteiger partial charge in [-0.3, -0.25) is 0 Å². The van der Waals surface area contributed by atoms with Crippen LogP contribution in [-0.4, -0.2) is 11.5 Å². The highest BCUT2D eigenvalue weighted by atomic mass is 32.2. The second-order valence-electron chi connectivity index (χ2n) is 3.80. The number of hydrogen-bond acceptors (Lipinski definition) is 4. The molecular weight excluding hydrogens is 410 g/mol. The third kappa shape index (κ3) is 8.86. The van der Waals surface area contributed by atoms with Gasteiger partial charge in [0.25, 0.3) is 0 Å². The zero-order valence-electron chi connectivity index (χ0n) is 11.8. The molecule has 0 saturated heterocycles. The van der Waals surface area contributed by atoms with Crippen molar-refractivity contribution < 1.29 is 26.3 Å². The molecule has 0 atom stereocenters. The Balaban J connectivity index is 0.000000240. The molecule has 132 valence electrons. The Morgan fingerprint density at radius 1 is 0.833 bits per heavy atom. The minimum atomic E-state index is -2.22. The highest BCUT2D eigenvalue weighted by Gasteiger charge is 2.06. The van der Waals surface area contributed by atoms with Gasteiger partial charge < -0.3 is 0 Å². The highest BCUT2D eigenvalue weighted by Crippen LogP contribution is 2.27. The summed E-state index contributed by atoms with van der Waals surface area (Å²) >= 11 is 4.99. The Morgan fingerprint density at radius 3 is 1.92 bits per heavy atom. The van der Waals surface area contributed by atoms with E-state index in [1.807, 2.05) is 10.8 Å². The molecular formula is C14H10F6S4. The van der Waals surface area contributed by atoms with Gasteiger partial charge in [0.05, 0.1) is 15.7 Å². The van der Waals surface area contributed by atoms with E-state index < -0.39 is 23.8 Å². The highest BCUT2D eigenvalue weighted by molar-refractivity contribution is 8.01. The van der Waals surface area contributed by atoms with Gasteiger partial charge in [-0.05, 0) is 22.9 Å². The fourth-order valence-electron chi connectivity index (χ4n) is 1.07. The molecule has 0 spiro atoms. The van der Waals surface area contributed by atoms with E-state index in [4.69, 9.17) is 0 Å².